The monoisotopic (exact) mass is 354 g/mol. The van der Waals surface area contributed by atoms with Crippen LogP contribution in [-0.2, 0) is 15.7 Å². The molecule has 0 radical (unpaired) electrons. The van der Waals surface area contributed by atoms with Gasteiger partial charge in [-0.05, 0) is 17.8 Å². The summed E-state index contributed by atoms with van der Waals surface area (Å²) in [5.74, 6) is 0. The van der Waals surface area contributed by atoms with E-state index in [-0.39, 0.29) is 11.7 Å². The van der Waals surface area contributed by atoms with Crippen molar-refractivity contribution in [1.29, 1.82) is 0 Å². The van der Waals surface area contributed by atoms with Crippen LogP contribution in [0.2, 0.25) is 0 Å². The molecule has 5 N–H and O–H groups in total. The molecule has 0 aliphatic heterocycles. The fourth-order valence-electron chi connectivity index (χ4n) is 1.65. The van der Waals surface area contributed by atoms with E-state index in [4.69, 9.17) is 31.8 Å². The minimum absolute atomic E-state index is 0.171. The van der Waals surface area contributed by atoms with Crippen molar-refractivity contribution in [2.24, 2.45) is 0 Å². The van der Waals surface area contributed by atoms with E-state index in [0.29, 0.717) is 4.90 Å². The third-order valence-electron chi connectivity index (χ3n) is 2.55. The summed E-state index contributed by atoms with van der Waals surface area (Å²) in [7, 11) is -9.02. The maximum Gasteiger partial charge on any atom is 0.360 e. The minimum Gasteiger partial charge on any atom is -0.358 e. The van der Waals surface area contributed by atoms with Crippen LogP contribution in [-0.4, -0.2) is 42.2 Å². The molecule has 1 rings (SSSR count). The van der Waals surface area contributed by atoms with E-state index in [9.17, 15) is 9.13 Å². The Morgan fingerprint density at radius 2 is 1.67 bits per heavy atom. The predicted octanol–water partition coefficient (Wildman–Crippen LogP) is 0.632. The molecule has 0 fully saturated rings. The van der Waals surface area contributed by atoms with E-state index < -0.39 is 20.7 Å². The molecule has 11 heteroatoms. The zero-order valence-corrected chi connectivity index (χ0v) is 13.6. The zero-order chi connectivity index (χ0) is 16.3. The molecule has 21 heavy (non-hydrogen) atoms. The van der Waals surface area contributed by atoms with Gasteiger partial charge < -0.3 is 29.8 Å². The van der Waals surface area contributed by atoms with Gasteiger partial charge in [0.2, 0.25) is 5.52 Å². The van der Waals surface area contributed by atoms with Crippen LogP contribution in [0.15, 0.2) is 30.3 Å². The number of nitrogens with zero attached hydrogens (tertiary/aromatic N) is 1. The van der Waals surface area contributed by atoms with Crippen molar-refractivity contribution in [2.75, 3.05) is 7.05 Å². The van der Waals surface area contributed by atoms with Gasteiger partial charge in [-0.25, -0.2) is 0 Å². The van der Waals surface area contributed by atoms with Crippen molar-refractivity contribution in [1.82, 2.24) is 10.2 Å². The van der Waals surface area contributed by atoms with Crippen molar-refractivity contribution in [3.05, 3.63) is 35.9 Å². The second kappa shape index (κ2) is 6.98. The fourth-order valence-corrected chi connectivity index (χ4v) is 4.69. The first-order valence-corrected chi connectivity index (χ1v) is 9.45. The molecule has 8 nitrogen and oxygen atoms in total. The molecule has 0 saturated carbocycles. The number of nitrogens with one attached hydrogen (secondary N) is 1. The normalized spacial score (nSPS) is 12.3. The summed E-state index contributed by atoms with van der Waals surface area (Å²) in [6, 6.07) is 9.04. The third-order valence-corrected chi connectivity index (χ3v) is 6.69. The number of benzene rings is 1. The van der Waals surface area contributed by atoms with Gasteiger partial charge in [0.1, 0.15) is 0 Å². The summed E-state index contributed by atoms with van der Waals surface area (Å²) < 4.78 is 22.5. The molecule has 0 spiro atoms. The standard InChI is InChI=1S/C10H16N2O6P2S/c1-12(10(19(13,14)15)20(16,17)18)9(21)11-7-8-5-3-2-4-6-8/h2-6,10H,7H2,1H3,(H,11,21)(H2,13,14,15)(H2,16,17,18). The van der Waals surface area contributed by atoms with Gasteiger partial charge in [-0.2, -0.15) is 0 Å². The highest BCUT2D eigenvalue weighted by Gasteiger charge is 2.47. The van der Waals surface area contributed by atoms with E-state index in [1.165, 1.54) is 0 Å². The highest BCUT2D eigenvalue weighted by Crippen LogP contribution is 2.60. The largest absolute Gasteiger partial charge is 0.360 e. The SMILES string of the molecule is CN(C(=S)NCc1ccccc1)C(P(=O)(O)O)P(=O)(O)O. The van der Waals surface area contributed by atoms with Crippen LogP contribution in [0, 0.1) is 0 Å². The van der Waals surface area contributed by atoms with E-state index >= 15 is 0 Å². The molecule has 0 saturated heterocycles. The van der Waals surface area contributed by atoms with Crippen LogP contribution >= 0.6 is 27.4 Å². The first-order chi connectivity index (χ1) is 9.53. The Morgan fingerprint density at radius 3 is 2.10 bits per heavy atom. The molecule has 118 valence electrons. The van der Waals surface area contributed by atoms with Crippen molar-refractivity contribution in [2.45, 2.75) is 12.1 Å². The lowest BCUT2D eigenvalue weighted by molar-refractivity contribution is 0.301. The Kier molecular flexibility index (Phi) is 6.07. The first-order valence-electron chi connectivity index (χ1n) is 5.68. The summed E-state index contributed by atoms with van der Waals surface area (Å²) in [5.41, 5.74) is -1.45. The Bertz CT molecular complexity index is 564. The van der Waals surface area contributed by atoms with Gasteiger partial charge in [0, 0.05) is 13.6 Å². The summed E-state index contributed by atoms with van der Waals surface area (Å²) in [6.07, 6.45) is 0. The van der Waals surface area contributed by atoms with Crippen molar-refractivity contribution in [3.63, 3.8) is 0 Å². The third kappa shape index (κ3) is 5.48. The molecular weight excluding hydrogens is 338 g/mol. The Balaban J connectivity index is 2.80. The second-order valence-corrected chi connectivity index (χ2v) is 8.41. The smallest absolute Gasteiger partial charge is 0.358 e. The van der Waals surface area contributed by atoms with Gasteiger partial charge in [0.25, 0.3) is 0 Å². The van der Waals surface area contributed by atoms with Gasteiger partial charge in [-0.15, -0.1) is 0 Å². The quantitative estimate of drug-likeness (QED) is 0.382. The van der Waals surface area contributed by atoms with Crippen LogP contribution in [0.3, 0.4) is 0 Å². The summed E-state index contributed by atoms with van der Waals surface area (Å²) in [4.78, 5) is 37.1. The summed E-state index contributed by atoms with van der Waals surface area (Å²) >= 11 is 4.92. The lowest BCUT2D eigenvalue weighted by Crippen LogP contribution is -2.42. The van der Waals surface area contributed by atoms with Crippen LogP contribution in [0.25, 0.3) is 0 Å². The zero-order valence-electron chi connectivity index (χ0n) is 11.0. The second-order valence-electron chi connectivity index (χ2n) is 4.28. The maximum absolute atomic E-state index is 11.3. The Morgan fingerprint density at radius 1 is 1.19 bits per heavy atom. The van der Waals surface area contributed by atoms with Gasteiger partial charge >= 0.3 is 15.2 Å². The number of thiocarbonyl (C=S) groups is 1. The minimum atomic E-state index is -5.07. The molecule has 0 atom stereocenters. The van der Waals surface area contributed by atoms with Crippen LogP contribution in [0.1, 0.15) is 5.56 Å². The lowest BCUT2D eigenvalue weighted by Gasteiger charge is -2.30. The molecular formula is C10H16N2O6P2S. The summed E-state index contributed by atoms with van der Waals surface area (Å²) in [5, 5.41) is 2.52. The molecule has 0 unspecified atom stereocenters. The molecule has 0 aliphatic rings. The fraction of sp³-hybridized carbons (Fsp3) is 0.300. The first kappa shape index (κ1) is 18.3. The number of rotatable bonds is 5. The topological polar surface area (TPSA) is 130 Å². The lowest BCUT2D eigenvalue weighted by atomic mass is 10.2. The Labute approximate surface area is 127 Å². The van der Waals surface area contributed by atoms with Crippen molar-refractivity contribution >= 4 is 32.5 Å². The van der Waals surface area contributed by atoms with Crippen molar-refractivity contribution < 1.29 is 28.7 Å². The molecule has 0 heterocycles. The predicted molar refractivity (Wildman–Crippen MR) is 81.5 cm³/mol. The van der Waals surface area contributed by atoms with Gasteiger partial charge in [-0.1, -0.05) is 30.3 Å². The molecule has 0 amide bonds. The van der Waals surface area contributed by atoms with Crippen molar-refractivity contribution in [3.8, 4) is 0 Å². The highest BCUT2D eigenvalue weighted by molar-refractivity contribution is 7.80. The van der Waals surface area contributed by atoms with E-state index in [1.54, 1.807) is 24.3 Å². The van der Waals surface area contributed by atoms with Gasteiger partial charge in [-0.3, -0.25) is 9.13 Å². The molecule has 1 aromatic carbocycles. The highest BCUT2D eigenvalue weighted by atomic mass is 32.1. The van der Waals surface area contributed by atoms with Crippen LogP contribution < -0.4 is 5.32 Å². The molecule has 1 aromatic rings. The van der Waals surface area contributed by atoms with E-state index in [2.05, 4.69) is 5.32 Å². The molecule has 0 bridgehead atoms. The average Bonchev–Trinajstić information content (AvgIpc) is 2.33. The number of hydrogen-bond donors (Lipinski definition) is 5. The molecule has 0 aliphatic carbocycles. The maximum atomic E-state index is 11.3. The van der Waals surface area contributed by atoms with Gasteiger partial charge in [0.15, 0.2) is 5.11 Å². The Hall–Kier alpha value is -0.790. The molecule has 0 aromatic heterocycles. The van der Waals surface area contributed by atoms with Crippen LogP contribution in [0.5, 0.6) is 0 Å². The summed E-state index contributed by atoms with van der Waals surface area (Å²) in [6.45, 7) is 0.263. The van der Waals surface area contributed by atoms with E-state index in [1.807, 2.05) is 6.07 Å². The van der Waals surface area contributed by atoms with E-state index in [0.717, 1.165) is 12.6 Å². The van der Waals surface area contributed by atoms with Gasteiger partial charge in [0.05, 0.1) is 0 Å². The average molecular weight is 354 g/mol. The number of hydrogen-bond acceptors (Lipinski definition) is 3. The van der Waals surface area contributed by atoms with Crippen LogP contribution in [0.4, 0.5) is 0 Å².